The minimum Gasteiger partial charge on any atom is -0.392 e. The number of carbonyl (C=O) groups excluding carboxylic acids is 1. The highest BCUT2D eigenvalue weighted by Crippen LogP contribution is 2.24. The zero-order chi connectivity index (χ0) is 16.2. The van der Waals surface area contributed by atoms with E-state index in [-0.39, 0.29) is 30.3 Å². The maximum Gasteiger partial charge on any atom is 0.223 e. The first-order valence-electron chi connectivity index (χ1n) is 7.70. The van der Waals surface area contributed by atoms with Crippen LogP contribution >= 0.6 is 12.4 Å². The number of nitrogens with two attached hydrogens (primary N) is 1. The summed E-state index contributed by atoms with van der Waals surface area (Å²) in [6.45, 7) is 0.458. The standard InChI is InChI=1S/C16H20N4O3.ClH/c17-13-7-12(5-6-14(13)21)16(22)18-8-10-1-3-11(4-2-10)15-19-9-23-20-15;/h1-4,9,12-14,21H,5-8,17H2,(H,18,22);1H/t12-,13+,14+;/m0./s1. The SMILES string of the molecule is Cl.N[C@@H]1C[C@@H](C(=O)NCc2ccc(-c3ncon3)cc2)CC[C@H]1O. The van der Waals surface area contributed by atoms with E-state index >= 15 is 0 Å². The fraction of sp³-hybridized carbons (Fsp3) is 0.438. The van der Waals surface area contributed by atoms with E-state index in [4.69, 9.17) is 10.3 Å². The first-order valence-corrected chi connectivity index (χ1v) is 7.70. The number of halogens is 1. The Labute approximate surface area is 146 Å². The number of nitrogens with one attached hydrogen (secondary N) is 1. The number of carbonyl (C=O) groups is 1. The van der Waals surface area contributed by atoms with Gasteiger partial charge in [0, 0.05) is 24.1 Å². The van der Waals surface area contributed by atoms with Crippen LogP contribution < -0.4 is 11.1 Å². The predicted octanol–water partition coefficient (Wildman–Crippen LogP) is 1.26. The van der Waals surface area contributed by atoms with Gasteiger partial charge in [0.2, 0.25) is 18.1 Å². The van der Waals surface area contributed by atoms with Gasteiger partial charge in [-0.25, -0.2) is 0 Å². The molecule has 2 aromatic rings. The van der Waals surface area contributed by atoms with Gasteiger partial charge < -0.3 is 20.7 Å². The highest BCUT2D eigenvalue weighted by molar-refractivity contribution is 5.85. The van der Waals surface area contributed by atoms with E-state index in [1.54, 1.807) is 0 Å². The largest absolute Gasteiger partial charge is 0.392 e. The van der Waals surface area contributed by atoms with Gasteiger partial charge in [0.15, 0.2) is 0 Å². The van der Waals surface area contributed by atoms with Crippen LogP contribution in [0.2, 0.25) is 0 Å². The number of rotatable bonds is 4. The van der Waals surface area contributed by atoms with E-state index in [1.807, 2.05) is 24.3 Å². The fourth-order valence-electron chi connectivity index (χ4n) is 2.83. The smallest absolute Gasteiger partial charge is 0.223 e. The molecule has 7 nitrogen and oxygen atoms in total. The van der Waals surface area contributed by atoms with Gasteiger partial charge in [-0.2, -0.15) is 4.98 Å². The van der Waals surface area contributed by atoms with Crippen molar-refractivity contribution >= 4 is 18.3 Å². The zero-order valence-corrected chi connectivity index (χ0v) is 13.9. The molecule has 1 fully saturated rings. The molecule has 1 aliphatic rings. The lowest BCUT2D eigenvalue weighted by Gasteiger charge is -2.30. The highest BCUT2D eigenvalue weighted by atomic mass is 35.5. The van der Waals surface area contributed by atoms with Crippen LogP contribution in [-0.4, -0.2) is 33.3 Å². The number of aliphatic hydroxyl groups excluding tert-OH is 1. The summed E-state index contributed by atoms with van der Waals surface area (Å²) in [5.41, 5.74) is 7.68. The summed E-state index contributed by atoms with van der Waals surface area (Å²) in [7, 11) is 0. The van der Waals surface area contributed by atoms with Gasteiger partial charge in [-0.3, -0.25) is 4.79 Å². The number of aliphatic hydroxyl groups is 1. The van der Waals surface area contributed by atoms with E-state index in [1.165, 1.54) is 6.39 Å². The van der Waals surface area contributed by atoms with E-state index in [9.17, 15) is 9.90 Å². The van der Waals surface area contributed by atoms with E-state index < -0.39 is 6.10 Å². The molecule has 3 rings (SSSR count). The van der Waals surface area contributed by atoms with Gasteiger partial charge in [0.05, 0.1) is 6.10 Å². The molecule has 0 aliphatic heterocycles. The van der Waals surface area contributed by atoms with Crippen molar-refractivity contribution in [2.45, 2.75) is 38.0 Å². The molecule has 0 spiro atoms. The first kappa shape index (κ1) is 18.4. The highest BCUT2D eigenvalue weighted by Gasteiger charge is 2.30. The lowest BCUT2D eigenvalue weighted by Crippen LogP contribution is -2.44. The minimum absolute atomic E-state index is 0. The summed E-state index contributed by atoms with van der Waals surface area (Å²) >= 11 is 0. The molecule has 0 saturated heterocycles. The molecule has 0 bridgehead atoms. The van der Waals surface area contributed by atoms with Crippen LogP contribution in [0.4, 0.5) is 0 Å². The molecule has 1 aromatic carbocycles. The lowest BCUT2D eigenvalue weighted by molar-refractivity contribution is -0.127. The maximum atomic E-state index is 12.2. The monoisotopic (exact) mass is 352 g/mol. The van der Waals surface area contributed by atoms with Crippen molar-refractivity contribution in [1.82, 2.24) is 15.5 Å². The first-order chi connectivity index (χ1) is 11.1. The molecule has 1 saturated carbocycles. The summed E-state index contributed by atoms with van der Waals surface area (Å²) in [5.74, 6) is 0.414. The number of aromatic nitrogens is 2. The van der Waals surface area contributed by atoms with Crippen molar-refractivity contribution < 1.29 is 14.4 Å². The summed E-state index contributed by atoms with van der Waals surface area (Å²) in [6.07, 6.45) is 2.59. The quantitative estimate of drug-likeness (QED) is 0.763. The number of hydrogen-bond donors (Lipinski definition) is 3. The van der Waals surface area contributed by atoms with Crippen LogP contribution in [0.3, 0.4) is 0 Å². The molecular formula is C16H21ClN4O3. The molecule has 4 N–H and O–H groups in total. The fourth-order valence-corrected chi connectivity index (χ4v) is 2.83. The molecule has 1 amide bonds. The van der Waals surface area contributed by atoms with Gasteiger partial charge in [0.1, 0.15) is 0 Å². The summed E-state index contributed by atoms with van der Waals surface area (Å²) in [4.78, 5) is 16.2. The van der Waals surface area contributed by atoms with Gasteiger partial charge in [-0.15, -0.1) is 12.4 Å². The average molecular weight is 353 g/mol. The molecular weight excluding hydrogens is 332 g/mol. The summed E-state index contributed by atoms with van der Waals surface area (Å²) < 4.78 is 4.72. The van der Waals surface area contributed by atoms with Crippen molar-refractivity contribution in [3.05, 3.63) is 36.2 Å². The van der Waals surface area contributed by atoms with Gasteiger partial charge in [-0.1, -0.05) is 29.4 Å². The third-order valence-corrected chi connectivity index (χ3v) is 4.27. The van der Waals surface area contributed by atoms with E-state index in [0.29, 0.717) is 31.6 Å². The van der Waals surface area contributed by atoms with Crippen LogP contribution in [0, 0.1) is 5.92 Å². The Bertz CT molecular complexity index is 648. The Morgan fingerprint density at radius 2 is 2.08 bits per heavy atom. The van der Waals surface area contributed by atoms with E-state index in [0.717, 1.165) is 11.1 Å². The third-order valence-electron chi connectivity index (χ3n) is 4.27. The van der Waals surface area contributed by atoms with Gasteiger partial charge in [0.25, 0.3) is 0 Å². The Kier molecular flexibility index (Phi) is 6.30. The van der Waals surface area contributed by atoms with Crippen LogP contribution in [-0.2, 0) is 11.3 Å². The number of nitrogens with zero attached hydrogens (tertiary/aromatic N) is 2. The van der Waals surface area contributed by atoms with Crippen molar-refractivity contribution in [1.29, 1.82) is 0 Å². The second-order valence-electron chi connectivity index (χ2n) is 5.91. The number of benzene rings is 1. The Morgan fingerprint density at radius 1 is 1.33 bits per heavy atom. The van der Waals surface area contributed by atoms with Crippen molar-refractivity contribution in [2.75, 3.05) is 0 Å². The third kappa shape index (κ3) is 4.31. The minimum atomic E-state index is -0.489. The number of amides is 1. The molecule has 0 radical (unpaired) electrons. The van der Waals surface area contributed by atoms with Crippen LogP contribution in [0.5, 0.6) is 0 Å². The lowest BCUT2D eigenvalue weighted by atomic mass is 9.83. The molecule has 0 unspecified atom stereocenters. The zero-order valence-electron chi connectivity index (χ0n) is 13.1. The Balaban J connectivity index is 0.00000208. The molecule has 130 valence electrons. The normalized spacial score (nSPS) is 23.3. The van der Waals surface area contributed by atoms with Crippen LogP contribution in [0.25, 0.3) is 11.4 Å². The van der Waals surface area contributed by atoms with Crippen molar-refractivity contribution in [3.63, 3.8) is 0 Å². The molecule has 1 aliphatic carbocycles. The number of hydrogen-bond acceptors (Lipinski definition) is 6. The molecule has 1 heterocycles. The van der Waals surface area contributed by atoms with E-state index in [2.05, 4.69) is 15.5 Å². The Morgan fingerprint density at radius 3 is 2.71 bits per heavy atom. The van der Waals surface area contributed by atoms with Crippen LogP contribution in [0.1, 0.15) is 24.8 Å². The maximum absolute atomic E-state index is 12.2. The average Bonchev–Trinajstić information content (AvgIpc) is 3.10. The second-order valence-corrected chi connectivity index (χ2v) is 5.91. The molecule has 24 heavy (non-hydrogen) atoms. The van der Waals surface area contributed by atoms with Crippen molar-refractivity contribution in [2.24, 2.45) is 11.7 Å². The summed E-state index contributed by atoms with van der Waals surface area (Å²) in [5, 5.41) is 16.3. The Hall–Kier alpha value is -1.96. The van der Waals surface area contributed by atoms with Crippen molar-refractivity contribution in [3.8, 4) is 11.4 Å². The van der Waals surface area contributed by atoms with Gasteiger partial charge >= 0.3 is 0 Å². The molecule has 1 aromatic heterocycles. The van der Waals surface area contributed by atoms with Crippen LogP contribution in [0.15, 0.2) is 35.2 Å². The molecule has 3 atom stereocenters. The van der Waals surface area contributed by atoms with Gasteiger partial charge in [-0.05, 0) is 24.8 Å². The topological polar surface area (TPSA) is 114 Å². The summed E-state index contributed by atoms with van der Waals surface area (Å²) in [6, 6.07) is 7.30. The second kappa shape index (κ2) is 8.23. The predicted molar refractivity (Wildman–Crippen MR) is 90.2 cm³/mol. The molecule has 8 heteroatoms.